The molecule has 3 aromatic rings. The lowest BCUT2D eigenvalue weighted by molar-refractivity contribution is 0.169. The van der Waals surface area contributed by atoms with E-state index in [1.54, 1.807) is 6.20 Å². The highest BCUT2D eigenvalue weighted by atomic mass is 19.1. The Morgan fingerprint density at radius 2 is 2.12 bits per heavy atom. The van der Waals surface area contributed by atoms with Gasteiger partial charge in [-0.1, -0.05) is 6.07 Å². The van der Waals surface area contributed by atoms with E-state index in [0.717, 1.165) is 29.2 Å². The zero-order valence-corrected chi connectivity index (χ0v) is 13.0. The zero-order valence-electron chi connectivity index (χ0n) is 13.0. The molecule has 3 rings (SSSR count). The summed E-state index contributed by atoms with van der Waals surface area (Å²) in [5.41, 5.74) is 1.66. The number of aliphatic hydroxyl groups is 1. The van der Waals surface area contributed by atoms with Crippen LogP contribution >= 0.6 is 0 Å². The van der Waals surface area contributed by atoms with Crippen LogP contribution < -0.4 is 5.32 Å². The number of nitrogens with zero attached hydrogens (tertiary/aromatic N) is 1. The summed E-state index contributed by atoms with van der Waals surface area (Å²) >= 11 is 0. The molecule has 2 heterocycles. The SMILES string of the molecule is Cc1ccc(-c2[nH]ncc2CNC[C@@H](O)c2ccc(F)cc2F)o1. The molecule has 0 fully saturated rings. The number of H-pyrrole nitrogens is 1. The van der Waals surface area contributed by atoms with E-state index in [1.807, 2.05) is 19.1 Å². The first-order chi connectivity index (χ1) is 11.5. The van der Waals surface area contributed by atoms with E-state index in [1.165, 1.54) is 6.07 Å². The van der Waals surface area contributed by atoms with Crippen molar-refractivity contribution < 1.29 is 18.3 Å². The third-order valence-electron chi connectivity index (χ3n) is 3.68. The van der Waals surface area contributed by atoms with Crippen LogP contribution in [0.5, 0.6) is 0 Å². The molecule has 126 valence electrons. The number of furan rings is 1. The number of hydrogen-bond acceptors (Lipinski definition) is 4. The van der Waals surface area contributed by atoms with Gasteiger partial charge in [-0.05, 0) is 25.1 Å². The molecule has 0 aliphatic rings. The van der Waals surface area contributed by atoms with Crippen LogP contribution in [-0.4, -0.2) is 21.8 Å². The first-order valence-electron chi connectivity index (χ1n) is 7.47. The van der Waals surface area contributed by atoms with Gasteiger partial charge in [-0.3, -0.25) is 5.10 Å². The molecule has 1 aromatic carbocycles. The van der Waals surface area contributed by atoms with Gasteiger partial charge in [0.05, 0.1) is 12.3 Å². The van der Waals surface area contributed by atoms with Crippen molar-refractivity contribution in [1.82, 2.24) is 15.5 Å². The quantitative estimate of drug-likeness (QED) is 0.648. The van der Waals surface area contributed by atoms with E-state index in [2.05, 4.69) is 15.5 Å². The lowest BCUT2D eigenvalue weighted by Crippen LogP contribution is -2.21. The number of benzene rings is 1. The maximum Gasteiger partial charge on any atom is 0.152 e. The number of nitrogens with one attached hydrogen (secondary N) is 2. The number of aryl methyl sites for hydroxylation is 1. The van der Waals surface area contributed by atoms with Crippen LogP contribution in [-0.2, 0) is 6.54 Å². The van der Waals surface area contributed by atoms with Crippen LogP contribution in [0.4, 0.5) is 8.78 Å². The van der Waals surface area contributed by atoms with E-state index in [-0.39, 0.29) is 12.1 Å². The number of rotatable bonds is 6. The third kappa shape index (κ3) is 3.52. The highest BCUT2D eigenvalue weighted by molar-refractivity contribution is 5.56. The van der Waals surface area contributed by atoms with Crippen molar-refractivity contribution in [2.45, 2.75) is 19.6 Å². The average molecular weight is 333 g/mol. The molecular formula is C17H17F2N3O2. The predicted octanol–water partition coefficient (Wildman–Crippen LogP) is 3.08. The normalized spacial score (nSPS) is 12.5. The Bertz CT molecular complexity index is 829. The smallest absolute Gasteiger partial charge is 0.152 e. The van der Waals surface area contributed by atoms with Gasteiger partial charge in [0, 0.05) is 30.3 Å². The van der Waals surface area contributed by atoms with Crippen molar-refractivity contribution in [3.8, 4) is 11.5 Å². The maximum absolute atomic E-state index is 13.6. The van der Waals surface area contributed by atoms with Gasteiger partial charge in [0.25, 0.3) is 0 Å². The lowest BCUT2D eigenvalue weighted by Gasteiger charge is -2.13. The zero-order chi connectivity index (χ0) is 17.1. The summed E-state index contributed by atoms with van der Waals surface area (Å²) in [7, 11) is 0. The molecule has 3 N–H and O–H groups in total. The Labute approximate surface area is 137 Å². The van der Waals surface area contributed by atoms with Gasteiger partial charge < -0.3 is 14.8 Å². The minimum Gasteiger partial charge on any atom is -0.460 e. The molecule has 2 aromatic heterocycles. The second-order valence-electron chi connectivity index (χ2n) is 5.49. The number of aliphatic hydroxyl groups excluding tert-OH is 1. The molecule has 0 radical (unpaired) electrons. The van der Waals surface area contributed by atoms with Crippen LogP contribution in [0, 0.1) is 18.6 Å². The lowest BCUT2D eigenvalue weighted by atomic mass is 10.1. The first-order valence-corrected chi connectivity index (χ1v) is 7.47. The second kappa shape index (κ2) is 6.94. The Morgan fingerprint density at radius 3 is 2.83 bits per heavy atom. The Balaban J connectivity index is 1.62. The van der Waals surface area contributed by atoms with E-state index in [9.17, 15) is 13.9 Å². The summed E-state index contributed by atoms with van der Waals surface area (Å²) in [6, 6.07) is 6.82. The van der Waals surface area contributed by atoms with Gasteiger partial charge in [0.15, 0.2) is 5.76 Å². The highest BCUT2D eigenvalue weighted by Crippen LogP contribution is 2.23. The second-order valence-corrected chi connectivity index (χ2v) is 5.49. The first kappa shape index (κ1) is 16.4. The van der Waals surface area contributed by atoms with Gasteiger partial charge in [-0.2, -0.15) is 5.10 Å². The number of hydrogen-bond donors (Lipinski definition) is 3. The number of aromatic amines is 1. The molecule has 0 amide bonds. The molecular weight excluding hydrogens is 316 g/mol. The molecule has 24 heavy (non-hydrogen) atoms. The molecule has 5 nitrogen and oxygen atoms in total. The van der Waals surface area contributed by atoms with Crippen molar-refractivity contribution >= 4 is 0 Å². The van der Waals surface area contributed by atoms with Crippen LogP contribution in [0.15, 0.2) is 40.9 Å². The minimum atomic E-state index is -1.08. The molecule has 7 heteroatoms. The summed E-state index contributed by atoms with van der Waals surface area (Å²) in [6.45, 7) is 2.38. The summed E-state index contributed by atoms with van der Waals surface area (Å²) < 4.78 is 32.1. The largest absolute Gasteiger partial charge is 0.460 e. The molecule has 0 unspecified atom stereocenters. The fraction of sp³-hybridized carbons (Fsp3) is 0.235. The van der Waals surface area contributed by atoms with Gasteiger partial charge in [0.1, 0.15) is 23.1 Å². The Morgan fingerprint density at radius 1 is 1.29 bits per heavy atom. The molecule has 0 saturated carbocycles. The summed E-state index contributed by atoms with van der Waals surface area (Å²) in [6.07, 6.45) is 0.581. The predicted molar refractivity (Wildman–Crippen MR) is 84.1 cm³/mol. The third-order valence-corrected chi connectivity index (χ3v) is 3.68. The average Bonchev–Trinajstić information content (AvgIpc) is 3.15. The van der Waals surface area contributed by atoms with Gasteiger partial charge in [0.2, 0.25) is 0 Å². The van der Waals surface area contributed by atoms with Gasteiger partial charge in [-0.25, -0.2) is 8.78 Å². The molecule has 0 saturated heterocycles. The van der Waals surface area contributed by atoms with Gasteiger partial charge in [-0.15, -0.1) is 0 Å². The fourth-order valence-electron chi connectivity index (χ4n) is 2.45. The minimum absolute atomic E-state index is 0.0537. The van der Waals surface area contributed by atoms with Crippen LogP contribution in [0.2, 0.25) is 0 Å². The van der Waals surface area contributed by atoms with E-state index in [0.29, 0.717) is 12.3 Å². The highest BCUT2D eigenvalue weighted by Gasteiger charge is 2.15. The van der Waals surface area contributed by atoms with E-state index < -0.39 is 17.7 Å². The van der Waals surface area contributed by atoms with Crippen molar-refractivity contribution in [3.05, 3.63) is 65.1 Å². The molecule has 1 atom stereocenters. The standard InChI is InChI=1S/C17H17F2N3O2/c1-10-2-5-16(24-10)17-11(8-21-22-17)7-20-9-15(23)13-4-3-12(18)6-14(13)19/h2-6,8,15,20,23H,7,9H2,1H3,(H,21,22)/t15-/m1/s1. The van der Waals surface area contributed by atoms with Crippen molar-refractivity contribution in [3.63, 3.8) is 0 Å². The van der Waals surface area contributed by atoms with E-state index >= 15 is 0 Å². The van der Waals surface area contributed by atoms with Crippen LogP contribution in [0.25, 0.3) is 11.5 Å². The van der Waals surface area contributed by atoms with Crippen LogP contribution in [0.3, 0.4) is 0 Å². The summed E-state index contributed by atoms with van der Waals surface area (Å²) in [5, 5.41) is 19.9. The molecule has 0 spiro atoms. The monoisotopic (exact) mass is 333 g/mol. The van der Waals surface area contributed by atoms with Crippen molar-refractivity contribution in [2.75, 3.05) is 6.54 Å². The summed E-state index contributed by atoms with van der Waals surface area (Å²) in [4.78, 5) is 0. The summed E-state index contributed by atoms with van der Waals surface area (Å²) in [5.74, 6) is 0.0280. The topological polar surface area (TPSA) is 74.1 Å². The maximum atomic E-state index is 13.6. The number of halogens is 2. The van der Waals surface area contributed by atoms with E-state index in [4.69, 9.17) is 4.42 Å². The number of aromatic nitrogens is 2. The van der Waals surface area contributed by atoms with Gasteiger partial charge >= 0.3 is 0 Å². The van der Waals surface area contributed by atoms with Crippen LogP contribution in [0.1, 0.15) is 23.0 Å². The van der Waals surface area contributed by atoms with Crippen molar-refractivity contribution in [2.24, 2.45) is 0 Å². The molecule has 0 aliphatic carbocycles. The Hall–Kier alpha value is -2.51. The molecule has 0 aliphatic heterocycles. The Kier molecular flexibility index (Phi) is 4.73. The fourth-order valence-corrected chi connectivity index (χ4v) is 2.45. The molecule has 0 bridgehead atoms. The van der Waals surface area contributed by atoms with Crippen molar-refractivity contribution in [1.29, 1.82) is 0 Å².